The Morgan fingerprint density at radius 3 is 2.96 bits per heavy atom. The van der Waals surface area contributed by atoms with Gasteiger partial charge in [0.25, 0.3) is 5.91 Å². The predicted octanol–water partition coefficient (Wildman–Crippen LogP) is 3.32. The summed E-state index contributed by atoms with van der Waals surface area (Å²) in [5, 5.41) is 15.8. The van der Waals surface area contributed by atoms with Gasteiger partial charge in [0.05, 0.1) is 5.69 Å². The fraction of sp³-hybridized carbons (Fsp3) is 0.400. The Morgan fingerprint density at radius 2 is 2.19 bits per heavy atom. The van der Waals surface area contributed by atoms with E-state index < -0.39 is 12.0 Å². The number of aliphatic hydroxyl groups excluding tert-OH is 1. The van der Waals surface area contributed by atoms with Crippen LogP contribution in [-0.4, -0.2) is 45.1 Å². The number of para-hydroxylation sites is 1. The number of benzene rings is 1. The molecule has 1 fully saturated rings. The Morgan fingerprint density at radius 1 is 1.41 bits per heavy atom. The van der Waals surface area contributed by atoms with E-state index in [1.54, 1.807) is 0 Å². The van der Waals surface area contributed by atoms with Gasteiger partial charge in [0.15, 0.2) is 5.13 Å². The molecule has 3 N–H and O–H groups in total. The zero-order valence-electron chi connectivity index (χ0n) is 15.3. The summed E-state index contributed by atoms with van der Waals surface area (Å²) in [5.41, 5.74) is 3.61. The first-order chi connectivity index (χ1) is 13.1. The van der Waals surface area contributed by atoms with Gasteiger partial charge in [-0.05, 0) is 50.4 Å². The van der Waals surface area contributed by atoms with Gasteiger partial charge in [0.2, 0.25) is 0 Å². The number of aliphatic hydroxyl groups is 1. The highest BCUT2D eigenvalue weighted by molar-refractivity contribution is 7.13. The van der Waals surface area contributed by atoms with Crippen molar-refractivity contribution in [3.05, 3.63) is 47.1 Å². The summed E-state index contributed by atoms with van der Waals surface area (Å²) in [4.78, 5) is 21.8. The average Bonchev–Trinajstić information content (AvgIpc) is 3.29. The molecule has 0 spiro atoms. The molecule has 7 heteroatoms. The Bertz CT molecular complexity index is 925. The molecule has 1 saturated heterocycles. The van der Waals surface area contributed by atoms with E-state index in [1.807, 2.05) is 5.38 Å². The molecule has 0 radical (unpaired) electrons. The van der Waals surface area contributed by atoms with Crippen molar-refractivity contribution in [2.24, 2.45) is 0 Å². The molecule has 142 valence electrons. The minimum Gasteiger partial charge on any atom is -0.384 e. The van der Waals surface area contributed by atoms with Gasteiger partial charge in [-0.3, -0.25) is 15.0 Å². The molecule has 1 aliphatic rings. The first-order valence-corrected chi connectivity index (χ1v) is 10.2. The first-order valence-electron chi connectivity index (χ1n) is 9.32. The fourth-order valence-electron chi connectivity index (χ4n) is 3.71. The van der Waals surface area contributed by atoms with Crippen LogP contribution in [0.15, 0.2) is 35.8 Å². The lowest BCUT2D eigenvalue weighted by atomic mass is 9.89. The number of fused-ring (bicyclic) bond motifs is 1. The second kappa shape index (κ2) is 7.80. The maximum Gasteiger partial charge on any atom is 0.254 e. The molecule has 3 heterocycles. The maximum atomic E-state index is 11.5. The second-order valence-electron chi connectivity index (χ2n) is 7.15. The van der Waals surface area contributed by atoms with Crippen molar-refractivity contribution in [2.75, 3.05) is 18.4 Å². The summed E-state index contributed by atoms with van der Waals surface area (Å²) in [6.07, 6.45) is 3.42. The molecular weight excluding hydrogens is 360 g/mol. The number of nitrogens with one attached hydrogen (secondary N) is 2. The summed E-state index contributed by atoms with van der Waals surface area (Å²) < 4.78 is 0. The number of aromatic amines is 1. The molecule has 0 aliphatic carbocycles. The van der Waals surface area contributed by atoms with Crippen LogP contribution in [0.25, 0.3) is 10.9 Å². The van der Waals surface area contributed by atoms with Gasteiger partial charge in [-0.25, -0.2) is 4.98 Å². The van der Waals surface area contributed by atoms with E-state index in [1.165, 1.54) is 34.7 Å². The number of nitrogens with zero attached hydrogens (tertiary/aromatic N) is 2. The Kier molecular flexibility index (Phi) is 5.24. The number of aromatic nitrogens is 2. The fourth-order valence-corrected chi connectivity index (χ4v) is 4.41. The number of carbonyl (C=O) groups excluding carboxylic acids is 1. The summed E-state index contributed by atoms with van der Waals surface area (Å²) in [7, 11) is 0. The van der Waals surface area contributed by atoms with E-state index in [-0.39, 0.29) is 0 Å². The Labute approximate surface area is 162 Å². The number of thiazole rings is 1. The molecule has 2 aromatic heterocycles. The number of amides is 1. The third-order valence-electron chi connectivity index (χ3n) is 5.20. The standard InChI is InChI=1S/C20H24N4O2S/c1-13(25)19(26)23-20-22-15(12-27-20)11-24-8-6-14(7-9-24)17-10-21-18-5-3-2-4-16(17)18/h2-5,10,12-14,21,25H,6-9,11H2,1H3,(H,22,23,26)/t13-/m0/s1. The number of anilines is 1. The van der Waals surface area contributed by atoms with Crippen LogP contribution in [0.1, 0.15) is 36.9 Å². The SMILES string of the molecule is C[C@H](O)C(=O)Nc1nc(CN2CCC(c3c[nH]c4ccccc34)CC2)cs1. The highest BCUT2D eigenvalue weighted by atomic mass is 32.1. The highest BCUT2D eigenvalue weighted by Gasteiger charge is 2.23. The van der Waals surface area contributed by atoms with Gasteiger partial charge in [0, 0.05) is 29.0 Å². The van der Waals surface area contributed by atoms with Crippen LogP contribution in [0.2, 0.25) is 0 Å². The van der Waals surface area contributed by atoms with Crippen LogP contribution in [0.4, 0.5) is 5.13 Å². The highest BCUT2D eigenvalue weighted by Crippen LogP contribution is 2.33. The predicted molar refractivity (Wildman–Crippen MR) is 108 cm³/mol. The molecule has 1 aromatic carbocycles. The molecule has 1 aliphatic heterocycles. The first kappa shape index (κ1) is 18.2. The van der Waals surface area contributed by atoms with Crippen LogP contribution in [0, 0.1) is 0 Å². The number of rotatable bonds is 5. The summed E-state index contributed by atoms with van der Waals surface area (Å²) in [5.74, 6) is 0.171. The Hall–Kier alpha value is -2.22. The van der Waals surface area contributed by atoms with Gasteiger partial charge in [-0.15, -0.1) is 11.3 Å². The van der Waals surface area contributed by atoms with Crippen molar-refractivity contribution in [2.45, 2.75) is 38.3 Å². The topological polar surface area (TPSA) is 81.2 Å². The zero-order chi connectivity index (χ0) is 18.8. The molecule has 3 aromatic rings. The molecule has 1 atom stereocenters. The molecule has 4 rings (SSSR count). The summed E-state index contributed by atoms with van der Waals surface area (Å²) in [6.45, 7) is 4.32. The van der Waals surface area contributed by atoms with E-state index in [0.717, 1.165) is 38.2 Å². The smallest absolute Gasteiger partial charge is 0.254 e. The van der Waals surface area contributed by atoms with E-state index in [9.17, 15) is 9.90 Å². The molecule has 6 nitrogen and oxygen atoms in total. The van der Waals surface area contributed by atoms with E-state index in [2.05, 4.69) is 50.6 Å². The van der Waals surface area contributed by atoms with Gasteiger partial charge in [-0.1, -0.05) is 18.2 Å². The van der Waals surface area contributed by atoms with Crippen molar-refractivity contribution in [3.8, 4) is 0 Å². The Balaban J connectivity index is 1.33. The number of piperidine rings is 1. The average molecular weight is 385 g/mol. The minimum absolute atomic E-state index is 0.421. The largest absolute Gasteiger partial charge is 0.384 e. The van der Waals surface area contributed by atoms with Crippen molar-refractivity contribution in [1.29, 1.82) is 0 Å². The summed E-state index contributed by atoms with van der Waals surface area (Å²) >= 11 is 1.40. The van der Waals surface area contributed by atoms with Gasteiger partial charge in [-0.2, -0.15) is 0 Å². The van der Waals surface area contributed by atoms with Crippen LogP contribution in [0.3, 0.4) is 0 Å². The molecular formula is C20H24N4O2S. The zero-order valence-corrected chi connectivity index (χ0v) is 16.1. The van der Waals surface area contributed by atoms with E-state index in [4.69, 9.17) is 0 Å². The van der Waals surface area contributed by atoms with E-state index in [0.29, 0.717) is 11.0 Å². The lowest BCUT2D eigenvalue weighted by molar-refractivity contribution is -0.123. The molecule has 0 bridgehead atoms. The number of H-pyrrole nitrogens is 1. The van der Waals surface area contributed by atoms with Gasteiger partial charge >= 0.3 is 0 Å². The van der Waals surface area contributed by atoms with Crippen molar-refractivity contribution in [1.82, 2.24) is 14.9 Å². The number of hydrogen-bond donors (Lipinski definition) is 3. The maximum absolute atomic E-state index is 11.5. The molecule has 1 amide bonds. The van der Waals surface area contributed by atoms with Crippen molar-refractivity contribution in [3.63, 3.8) is 0 Å². The van der Waals surface area contributed by atoms with Gasteiger partial charge in [0.1, 0.15) is 6.10 Å². The van der Waals surface area contributed by atoms with Crippen molar-refractivity contribution >= 4 is 33.3 Å². The van der Waals surface area contributed by atoms with Gasteiger partial charge < -0.3 is 10.1 Å². The second-order valence-corrected chi connectivity index (χ2v) is 8.01. The lowest BCUT2D eigenvalue weighted by Crippen LogP contribution is -2.32. The monoisotopic (exact) mass is 384 g/mol. The minimum atomic E-state index is -1.03. The quantitative estimate of drug-likeness (QED) is 0.630. The number of hydrogen-bond acceptors (Lipinski definition) is 5. The molecule has 0 unspecified atom stereocenters. The summed E-state index contributed by atoms with van der Waals surface area (Å²) in [6, 6.07) is 8.50. The third kappa shape index (κ3) is 4.05. The van der Waals surface area contributed by atoms with Crippen LogP contribution in [-0.2, 0) is 11.3 Å². The number of likely N-dealkylation sites (tertiary alicyclic amines) is 1. The molecule has 27 heavy (non-hydrogen) atoms. The normalized spacial score (nSPS) is 17.3. The van der Waals surface area contributed by atoms with Crippen LogP contribution < -0.4 is 5.32 Å². The van der Waals surface area contributed by atoms with E-state index >= 15 is 0 Å². The third-order valence-corrected chi connectivity index (χ3v) is 6.00. The van der Waals surface area contributed by atoms with Crippen LogP contribution in [0.5, 0.6) is 0 Å². The molecule has 0 saturated carbocycles. The van der Waals surface area contributed by atoms with Crippen molar-refractivity contribution < 1.29 is 9.90 Å². The lowest BCUT2D eigenvalue weighted by Gasteiger charge is -2.31. The van der Waals surface area contributed by atoms with Crippen LogP contribution >= 0.6 is 11.3 Å². The number of carbonyl (C=O) groups is 1.